The Morgan fingerprint density at radius 3 is 2.33 bits per heavy atom. The molecule has 9 heavy (non-hydrogen) atoms. The Labute approximate surface area is 53.7 Å². The Balaban J connectivity index is 3.85. The summed E-state index contributed by atoms with van der Waals surface area (Å²) in [5, 5.41) is 8.20. The van der Waals surface area contributed by atoms with Crippen LogP contribution in [0.5, 0.6) is 0 Å². The predicted molar refractivity (Wildman–Crippen MR) is 32.1 cm³/mol. The number of carboxylic acid groups (broad SMARTS) is 1. The van der Waals surface area contributed by atoms with E-state index >= 15 is 0 Å². The van der Waals surface area contributed by atoms with E-state index in [0.717, 1.165) is 6.92 Å². The van der Waals surface area contributed by atoms with Crippen LogP contribution in [0.25, 0.3) is 0 Å². The maximum atomic E-state index is 12.6. The Bertz CT molecular complexity index is 110. The van der Waals surface area contributed by atoms with Gasteiger partial charge in [-0.2, -0.15) is 0 Å². The van der Waals surface area contributed by atoms with Gasteiger partial charge in [0, 0.05) is 0 Å². The monoisotopic (exact) mass is 134 g/mol. The fourth-order valence-corrected chi connectivity index (χ4v) is 0.576. The number of halogens is 1. The number of carbonyl (C=O) groups is 1. The number of carboxylic acids is 1. The minimum absolute atomic E-state index is 0.0856. The first kappa shape index (κ1) is 8.40. The quantitative estimate of drug-likeness (QED) is 0.636. The average Bonchev–Trinajstić information content (AvgIpc) is 1.65. The molecule has 0 bridgehead atoms. The number of rotatable bonds is 3. The lowest BCUT2D eigenvalue weighted by Crippen LogP contribution is -2.29. The molecule has 0 aliphatic carbocycles. The van der Waals surface area contributed by atoms with Gasteiger partial charge in [0.2, 0.25) is 5.67 Å². The maximum Gasteiger partial charge on any atom is 0.341 e. The summed E-state index contributed by atoms with van der Waals surface area (Å²) in [6.45, 7) is 2.83. The first-order valence-electron chi connectivity index (χ1n) is 2.93. The lowest BCUT2D eigenvalue weighted by atomic mass is 10.0. The highest BCUT2D eigenvalue weighted by atomic mass is 19.1. The molecule has 0 aromatic heterocycles. The van der Waals surface area contributed by atoms with Crippen LogP contribution in [0, 0.1) is 0 Å². The van der Waals surface area contributed by atoms with Gasteiger partial charge in [0.1, 0.15) is 0 Å². The molecule has 0 aliphatic heterocycles. The summed E-state index contributed by atoms with van der Waals surface area (Å²) in [5.74, 6) is -1.37. The molecule has 1 atom stereocenters. The van der Waals surface area contributed by atoms with E-state index in [1.165, 1.54) is 0 Å². The zero-order chi connectivity index (χ0) is 7.49. The molecule has 0 aromatic carbocycles. The first-order chi connectivity index (χ1) is 4.00. The van der Waals surface area contributed by atoms with Crippen LogP contribution in [-0.4, -0.2) is 16.7 Å². The zero-order valence-corrected chi connectivity index (χ0v) is 5.65. The smallest absolute Gasteiger partial charge is 0.341 e. The fourth-order valence-electron chi connectivity index (χ4n) is 0.576. The topological polar surface area (TPSA) is 37.3 Å². The van der Waals surface area contributed by atoms with E-state index in [4.69, 9.17) is 5.11 Å². The van der Waals surface area contributed by atoms with Gasteiger partial charge in [-0.25, -0.2) is 9.18 Å². The zero-order valence-electron chi connectivity index (χ0n) is 5.65. The molecule has 0 saturated carbocycles. The lowest BCUT2D eigenvalue weighted by Gasteiger charge is -2.11. The van der Waals surface area contributed by atoms with Crippen LogP contribution in [-0.2, 0) is 4.79 Å². The molecule has 54 valence electrons. The van der Waals surface area contributed by atoms with Gasteiger partial charge in [0.25, 0.3) is 0 Å². The standard InChI is InChI=1S/C6H11FO2/c1-3-4-6(2,7)5(8)9/h3-4H2,1-2H3,(H,8,9). The van der Waals surface area contributed by atoms with Crippen molar-refractivity contribution in [1.82, 2.24) is 0 Å². The van der Waals surface area contributed by atoms with E-state index in [-0.39, 0.29) is 6.42 Å². The second-order valence-electron chi connectivity index (χ2n) is 2.25. The van der Waals surface area contributed by atoms with Crippen molar-refractivity contribution in [3.05, 3.63) is 0 Å². The minimum atomic E-state index is -2.03. The van der Waals surface area contributed by atoms with Crippen molar-refractivity contribution in [2.45, 2.75) is 32.4 Å². The summed E-state index contributed by atoms with van der Waals surface area (Å²) in [4.78, 5) is 10.0. The third-order valence-corrected chi connectivity index (χ3v) is 1.17. The normalized spacial score (nSPS) is 16.8. The highest BCUT2D eigenvalue weighted by molar-refractivity contribution is 5.76. The number of alkyl halides is 1. The highest BCUT2D eigenvalue weighted by Crippen LogP contribution is 2.16. The number of hydrogen-bond donors (Lipinski definition) is 1. The molecular formula is C6H11FO2. The van der Waals surface area contributed by atoms with E-state index in [0.29, 0.717) is 6.42 Å². The van der Waals surface area contributed by atoms with E-state index < -0.39 is 11.6 Å². The summed E-state index contributed by atoms with van der Waals surface area (Å²) >= 11 is 0. The van der Waals surface area contributed by atoms with Crippen LogP contribution in [0.2, 0.25) is 0 Å². The van der Waals surface area contributed by atoms with Crippen molar-refractivity contribution in [2.24, 2.45) is 0 Å². The molecule has 0 aromatic rings. The van der Waals surface area contributed by atoms with Crippen LogP contribution in [0.4, 0.5) is 4.39 Å². The van der Waals surface area contributed by atoms with Gasteiger partial charge in [0.05, 0.1) is 0 Å². The third kappa shape index (κ3) is 2.44. The summed E-state index contributed by atoms with van der Waals surface area (Å²) in [6.07, 6.45) is 0.641. The maximum absolute atomic E-state index is 12.6. The van der Waals surface area contributed by atoms with Gasteiger partial charge >= 0.3 is 5.97 Å². The van der Waals surface area contributed by atoms with Crippen LogP contribution in [0.1, 0.15) is 26.7 Å². The number of hydrogen-bond acceptors (Lipinski definition) is 1. The molecule has 1 N–H and O–H groups in total. The van der Waals surface area contributed by atoms with Gasteiger partial charge in [-0.1, -0.05) is 13.3 Å². The van der Waals surface area contributed by atoms with Crippen molar-refractivity contribution >= 4 is 5.97 Å². The summed E-state index contributed by atoms with van der Waals surface area (Å²) < 4.78 is 12.6. The van der Waals surface area contributed by atoms with Crippen LogP contribution in [0.15, 0.2) is 0 Å². The predicted octanol–water partition coefficient (Wildman–Crippen LogP) is 1.60. The van der Waals surface area contributed by atoms with E-state index in [1.807, 2.05) is 0 Å². The third-order valence-electron chi connectivity index (χ3n) is 1.17. The van der Waals surface area contributed by atoms with Gasteiger partial charge in [-0.15, -0.1) is 0 Å². The fraction of sp³-hybridized carbons (Fsp3) is 0.833. The molecule has 1 unspecified atom stereocenters. The van der Waals surface area contributed by atoms with E-state index in [9.17, 15) is 9.18 Å². The molecule has 0 radical (unpaired) electrons. The van der Waals surface area contributed by atoms with Crippen molar-refractivity contribution in [1.29, 1.82) is 0 Å². The van der Waals surface area contributed by atoms with Gasteiger partial charge < -0.3 is 5.11 Å². The largest absolute Gasteiger partial charge is 0.479 e. The van der Waals surface area contributed by atoms with Crippen molar-refractivity contribution < 1.29 is 14.3 Å². The molecule has 0 amide bonds. The second-order valence-corrected chi connectivity index (χ2v) is 2.25. The van der Waals surface area contributed by atoms with Gasteiger partial charge in [-0.05, 0) is 13.3 Å². The highest BCUT2D eigenvalue weighted by Gasteiger charge is 2.30. The Kier molecular flexibility index (Phi) is 2.62. The van der Waals surface area contributed by atoms with Crippen molar-refractivity contribution in [2.75, 3.05) is 0 Å². The van der Waals surface area contributed by atoms with Crippen molar-refractivity contribution in [3.8, 4) is 0 Å². The molecule has 0 fully saturated rings. The molecule has 0 rings (SSSR count). The summed E-state index contributed by atoms with van der Waals surface area (Å²) in [5.41, 5.74) is -2.03. The minimum Gasteiger partial charge on any atom is -0.479 e. The van der Waals surface area contributed by atoms with E-state index in [2.05, 4.69) is 0 Å². The molecule has 2 nitrogen and oxygen atoms in total. The lowest BCUT2D eigenvalue weighted by molar-refractivity contribution is -0.150. The van der Waals surface area contributed by atoms with Crippen LogP contribution < -0.4 is 0 Å². The molecule has 0 aliphatic rings. The molecular weight excluding hydrogens is 123 g/mol. The Hall–Kier alpha value is -0.600. The summed E-state index contributed by atoms with van der Waals surface area (Å²) in [7, 11) is 0. The first-order valence-corrected chi connectivity index (χ1v) is 2.93. The second kappa shape index (κ2) is 2.80. The van der Waals surface area contributed by atoms with Crippen LogP contribution >= 0.6 is 0 Å². The molecule has 3 heteroatoms. The average molecular weight is 134 g/mol. The Morgan fingerprint density at radius 2 is 2.22 bits per heavy atom. The molecule has 0 spiro atoms. The van der Waals surface area contributed by atoms with Crippen LogP contribution in [0.3, 0.4) is 0 Å². The SMILES string of the molecule is CCCC(C)(F)C(=O)O. The Morgan fingerprint density at radius 1 is 1.78 bits per heavy atom. The van der Waals surface area contributed by atoms with Gasteiger partial charge in [0.15, 0.2) is 0 Å². The number of aliphatic carboxylic acids is 1. The molecule has 0 heterocycles. The molecule has 0 saturated heterocycles. The van der Waals surface area contributed by atoms with E-state index in [1.54, 1.807) is 6.92 Å². The van der Waals surface area contributed by atoms with Crippen molar-refractivity contribution in [3.63, 3.8) is 0 Å². The van der Waals surface area contributed by atoms with Gasteiger partial charge in [-0.3, -0.25) is 0 Å². The summed E-state index contributed by atoms with van der Waals surface area (Å²) in [6, 6.07) is 0.